The molecule has 0 amide bonds. The van der Waals surface area contributed by atoms with Crippen molar-refractivity contribution in [2.75, 3.05) is 14.2 Å². The first-order valence-corrected chi connectivity index (χ1v) is 6.23. The van der Waals surface area contributed by atoms with Crippen LogP contribution in [0.3, 0.4) is 0 Å². The number of ether oxygens (including phenoxy) is 1. The summed E-state index contributed by atoms with van der Waals surface area (Å²) in [5, 5.41) is 3.26. The quantitative estimate of drug-likeness (QED) is 0.908. The van der Waals surface area contributed by atoms with E-state index >= 15 is 0 Å². The number of benzene rings is 2. The molecule has 19 heavy (non-hydrogen) atoms. The molecule has 2 rings (SSSR count). The van der Waals surface area contributed by atoms with E-state index in [4.69, 9.17) is 4.74 Å². The molecule has 3 heteroatoms. The standard InChI is InChI=1S/C16H18FNO/c1-11-10-13(6-9-15(11)17)16(18-2)12-4-7-14(19-3)8-5-12/h4-10,16,18H,1-3H3. The number of methoxy groups -OCH3 is 1. The van der Waals surface area contributed by atoms with Crippen LogP contribution in [-0.4, -0.2) is 14.2 Å². The highest BCUT2D eigenvalue weighted by molar-refractivity contribution is 5.37. The molecular formula is C16H18FNO. The van der Waals surface area contributed by atoms with Crippen LogP contribution in [0.2, 0.25) is 0 Å². The predicted octanol–water partition coefficient (Wildman–Crippen LogP) is 3.45. The van der Waals surface area contributed by atoms with Gasteiger partial charge in [-0.1, -0.05) is 24.3 Å². The Morgan fingerprint density at radius 3 is 2.21 bits per heavy atom. The van der Waals surface area contributed by atoms with Crippen molar-refractivity contribution in [3.05, 3.63) is 65.0 Å². The minimum absolute atomic E-state index is 0.0465. The lowest BCUT2D eigenvalue weighted by molar-refractivity contribution is 0.414. The molecule has 0 fully saturated rings. The Kier molecular flexibility index (Phi) is 4.17. The van der Waals surface area contributed by atoms with Crippen LogP contribution >= 0.6 is 0 Å². The van der Waals surface area contributed by atoms with Crippen molar-refractivity contribution in [1.29, 1.82) is 0 Å². The summed E-state index contributed by atoms with van der Waals surface area (Å²) in [6.07, 6.45) is 0. The predicted molar refractivity (Wildman–Crippen MR) is 75.0 cm³/mol. The topological polar surface area (TPSA) is 21.3 Å². The lowest BCUT2D eigenvalue weighted by atomic mass is 9.97. The highest BCUT2D eigenvalue weighted by Gasteiger charge is 2.13. The number of halogens is 1. The molecule has 0 spiro atoms. The highest BCUT2D eigenvalue weighted by atomic mass is 19.1. The summed E-state index contributed by atoms with van der Waals surface area (Å²) >= 11 is 0. The van der Waals surface area contributed by atoms with Gasteiger partial charge in [0.2, 0.25) is 0 Å². The molecule has 0 aromatic heterocycles. The summed E-state index contributed by atoms with van der Waals surface area (Å²) in [6, 6.07) is 13.1. The first-order valence-electron chi connectivity index (χ1n) is 6.23. The number of nitrogens with one attached hydrogen (secondary N) is 1. The molecule has 2 nitrogen and oxygen atoms in total. The molecule has 0 aliphatic carbocycles. The summed E-state index contributed by atoms with van der Waals surface area (Å²) in [7, 11) is 3.54. The maximum absolute atomic E-state index is 13.3. The van der Waals surface area contributed by atoms with Crippen LogP contribution in [-0.2, 0) is 0 Å². The minimum Gasteiger partial charge on any atom is -0.497 e. The number of hydrogen-bond acceptors (Lipinski definition) is 2. The van der Waals surface area contributed by atoms with Crippen molar-refractivity contribution >= 4 is 0 Å². The zero-order chi connectivity index (χ0) is 13.8. The van der Waals surface area contributed by atoms with E-state index in [1.807, 2.05) is 43.4 Å². The smallest absolute Gasteiger partial charge is 0.126 e. The van der Waals surface area contributed by atoms with Gasteiger partial charge in [-0.05, 0) is 48.9 Å². The van der Waals surface area contributed by atoms with Gasteiger partial charge in [-0.25, -0.2) is 4.39 Å². The minimum atomic E-state index is -0.173. The van der Waals surface area contributed by atoms with Gasteiger partial charge in [0.25, 0.3) is 0 Å². The molecule has 1 unspecified atom stereocenters. The average Bonchev–Trinajstić information content (AvgIpc) is 2.44. The molecule has 0 heterocycles. The van der Waals surface area contributed by atoms with E-state index in [1.54, 1.807) is 14.0 Å². The van der Waals surface area contributed by atoms with Gasteiger partial charge in [-0.15, -0.1) is 0 Å². The van der Waals surface area contributed by atoms with Crippen LogP contribution < -0.4 is 10.1 Å². The Labute approximate surface area is 113 Å². The maximum atomic E-state index is 13.3. The number of rotatable bonds is 4. The molecule has 1 N–H and O–H groups in total. The first-order chi connectivity index (χ1) is 9.15. The second kappa shape index (κ2) is 5.85. The van der Waals surface area contributed by atoms with Crippen LogP contribution in [0.25, 0.3) is 0 Å². The third kappa shape index (κ3) is 2.93. The first kappa shape index (κ1) is 13.6. The van der Waals surface area contributed by atoms with Gasteiger partial charge >= 0.3 is 0 Å². The van der Waals surface area contributed by atoms with Gasteiger partial charge < -0.3 is 10.1 Å². The van der Waals surface area contributed by atoms with Crippen molar-refractivity contribution in [3.8, 4) is 5.75 Å². The summed E-state index contributed by atoms with van der Waals surface area (Å²) < 4.78 is 18.5. The van der Waals surface area contributed by atoms with Crippen LogP contribution in [0.15, 0.2) is 42.5 Å². The van der Waals surface area contributed by atoms with E-state index < -0.39 is 0 Å². The molecular weight excluding hydrogens is 241 g/mol. The number of hydrogen-bond donors (Lipinski definition) is 1. The third-order valence-corrected chi connectivity index (χ3v) is 3.25. The molecule has 1 atom stereocenters. The fourth-order valence-electron chi connectivity index (χ4n) is 2.17. The monoisotopic (exact) mass is 259 g/mol. The molecule has 2 aromatic carbocycles. The van der Waals surface area contributed by atoms with Crippen molar-refractivity contribution < 1.29 is 9.13 Å². The molecule has 0 aliphatic rings. The average molecular weight is 259 g/mol. The fourth-order valence-corrected chi connectivity index (χ4v) is 2.17. The van der Waals surface area contributed by atoms with Gasteiger partial charge in [-0.2, -0.15) is 0 Å². The Balaban J connectivity index is 2.34. The molecule has 0 aliphatic heterocycles. The van der Waals surface area contributed by atoms with E-state index in [-0.39, 0.29) is 11.9 Å². The van der Waals surface area contributed by atoms with Gasteiger partial charge in [0, 0.05) is 0 Å². The normalized spacial score (nSPS) is 12.2. The van der Waals surface area contributed by atoms with Crippen molar-refractivity contribution in [3.63, 3.8) is 0 Å². The van der Waals surface area contributed by atoms with Crippen LogP contribution in [0.1, 0.15) is 22.7 Å². The Hall–Kier alpha value is -1.87. The van der Waals surface area contributed by atoms with E-state index in [1.165, 1.54) is 6.07 Å². The molecule has 2 aromatic rings. The van der Waals surface area contributed by atoms with Crippen LogP contribution in [0.4, 0.5) is 4.39 Å². The van der Waals surface area contributed by atoms with Crippen LogP contribution in [0, 0.1) is 12.7 Å². The van der Waals surface area contributed by atoms with Gasteiger partial charge in [0.1, 0.15) is 11.6 Å². The third-order valence-electron chi connectivity index (χ3n) is 3.25. The lowest BCUT2D eigenvalue weighted by Crippen LogP contribution is -2.17. The Bertz CT molecular complexity index is 551. The van der Waals surface area contributed by atoms with E-state index in [0.717, 1.165) is 16.9 Å². The highest BCUT2D eigenvalue weighted by Crippen LogP contribution is 2.25. The molecule has 0 saturated carbocycles. The second-order valence-electron chi connectivity index (χ2n) is 4.50. The molecule has 0 radical (unpaired) electrons. The molecule has 100 valence electrons. The van der Waals surface area contributed by atoms with E-state index in [2.05, 4.69) is 5.32 Å². The van der Waals surface area contributed by atoms with Gasteiger partial charge in [0.05, 0.1) is 13.2 Å². The van der Waals surface area contributed by atoms with Crippen molar-refractivity contribution in [2.45, 2.75) is 13.0 Å². The maximum Gasteiger partial charge on any atom is 0.126 e. The van der Waals surface area contributed by atoms with Crippen molar-refractivity contribution in [2.24, 2.45) is 0 Å². The summed E-state index contributed by atoms with van der Waals surface area (Å²) in [6.45, 7) is 1.78. The summed E-state index contributed by atoms with van der Waals surface area (Å²) in [5.41, 5.74) is 2.83. The number of aryl methyl sites for hydroxylation is 1. The molecule has 0 bridgehead atoms. The van der Waals surface area contributed by atoms with E-state index in [9.17, 15) is 4.39 Å². The Morgan fingerprint density at radius 1 is 1.05 bits per heavy atom. The van der Waals surface area contributed by atoms with Crippen LogP contribution in [0.5, 0.6) is 5.75 Å². The summed E-state index contributed by atoms with van der Waals surface area (Å²) in [5.74, 6) is 0.655. The molecule has 0 saturated heterocycles. The summed E-state index contributed by atoms with van der Waals surface area (Å²) in [4.78, 5) is 0. The lowest BCUT2D eigenvalue weighted by Gasteiger charge is -2.18. The zero-order valence-corrected chi connectivity index (χ0v) is 11.4. The zero-order valence-electron chi connectivity index (χ0n) is 11.4. The van der Waals surface area contributed by atoms with E-state index in [0.29, 0.717) is 5.56 Å². The largest absolute Gasteiger partial charge is 0.497 e. The van der Waals surface area contributed by atoms with Gasteiger partial charge in [-0.3, -0.25) is 0 Å². The van der Waals surface area contributed by atoms with Crippen molar-refractivity contribution in [1.82, 2.24) is 5.32 Å². The van der Waals surface area contributed by atoms with Gasteiger partial charge in [0.15, 0.2) is 0 Å². The fraction of sp³-hybridized carbons (Fsp3) is 0.250. The second-order valence-corrected chi connectivity index (χ2v) is 4.50. The Morgan fingerprint density at radius 2 is 1.68 bits per heavy atom. The SMILES string of the molecule is CNC(c1ccc(OC)cc1)c1ccc(F)c(C)c1.